The Morgan fingerprint density at radius 2 is 1.84 bits per heavy atom. The molecule has 0 aliphatic carbocycles. The summed E-state index contributed by atoms with van der Waals surface area (Å²) in [7, 11) is 0. The van der Waals surface area contributed by atoms with E-state index < -0.39 is 0 Å². The van der Waals surface area contributed by atoms with Crippen molar-refractivity contribution in [2.45, 2.75) is 38.6 Å². The Kier molecular flexibility index (Phi) is 4.77. The Morgan fingerprint density at radius 3 is 2.47 bits per heavy atom. The maximum absolute atomic E-state index is 13.6. The number of rotatable bonds is 2. The molecule has 1 aromatic carbocycles. The van der Waals surface area contributed by atoms with Crippen molar-refractivity contribution in [2.75, 3.05) is 13.1 Å². The summed E-state index contributed by atoms with van der Waals surface area (Å²) >= 11 is 0. The van der Waals surface area contributed by atoms with Crippen molar-refractivity contribution < 1.29 is 9.18 Å². The minimum atomic E-state index is -0.308. The third-order valence-electron chi connectivity index (χ3n) is 3.60. The van der Waals surface area contributed by atoms with Gasteiger partial charge in [-0.25, -0.2) is 9.18 Å². The highest BCUT2D eigenvalue weighted by molar-refractivity contribution is 5.74. The second kappa shape index (κ2) is 6.55. The van der Waals surface area contributed by atoms with Gasteiger partial charge in [-0.3, -0.25) is 0 Å². The molecule has 1 aliphatic rings. The first-order valence-corrected chi connectivity index (χ1v) is 6.98. The molecule has 0 radical (unpaired) electrons. The number of halogens is 1. The largest absolute Gasteiger partial charge is 0.331 e. The fourth-order valence-corrected chi connectivity index (χ4v) is 2.45. The fourth-order valence-electron chi connectivity index (χ4n) is 2.45. The molecular formula is C15H21FN2O. The lowest BCUT2D eigenvalue weighted by Crippen LogP contribution is -2.41. The zero-order chi connectivity index (χ0) is 13.7. The number of nitrogens with zero attached hydrogens (tertiary/aromatic N) is 1. The molecule has 2 amide bonds. The number of carbonyl (C=O) groups excluding carboxylic acids is 1. The molecule has 1 saturated heterocycles. The van der Waals surface area contributed by atoms with Crippen LogP contribution in [0.15, 0.2) is 24.3 Å². The number of benzene rings is 1. The van der Waals surface area contributed by atoms with Crippen LogP contribution in [0.1, 0.15) is 44.2 Å². The molecule has 104 valence electrons. The number of nitrogens with one attached hydrogen (secondary N) is 1. The van der Waals surface area contributed by atoms with Gasteiger partial charge >= 0.3 is 6.03 Å². The van der Waals surface area contributed by atoms with E-state index in [1.54, 1.807) is 18.2 Å². The molecule has 0 aromatic heterocycles. The van der Waals surface area contributed by atoms with Gasteiger partial charge in [-0.2, -0.15) is 0 Å². The van der Waals surface area contributed by atoms with Gasteiger partial charge in [0.15, 0.2) is 0 Å². The zero-order valence-corrected chi connectivity index (χ0v) is 11.4. The molecule has 0 saturated carbocycles. The first kappa shape index (κ1) is 13.8. The van der Waals surface area contributed by atoms with Gasteiger partial charge < -0.3 is 10.2 Å². The van der Waals surface area contributed by atoms with Gasteiger partial charge in [-0.05, 0) is 25.8 Å². The van der Waals surface area contributed by atoms with Gasteiger partial charge in [-0.1, -0.05) is 31.0 Å². The average molecular weight is 264 g/mol. The van der Waals surface area contributed by atoms with Crippen LogP contribution in [0.5, 0.6) is 0 Å². The van der Waals surface area contributed by atoms with Crippen molar-refractivity contribution in [2.24, 2.45) is 0 Å². The van der Waals surface area contributed by atoms with Crippen molar-refractivity contribution in [3.05, 3.63) is 35.6 Å². The van der Waals surface area contributed by atoms with Gasteiger partial charge in [0.05, 0.1) is 6.04 Å². The van der Waals surface area contributed by atoms with Crippen molar-refractivity contribution in [3.8, 4) is 0 Å². The molecule has 0 spiro atoms. The first-order valence-electron chi connectivity index (χ1n) is 6.98. The highest BCUT2D eigenvalue weighted by Gasteiger charge is 2.18. The third-order valence-corrected chi connectivity index (χ3v) is 3.60. The molecular weight excluding hydrogens is 243 g/mol. The molecule has 2 rings (SSSR count). The second-order valence-electron chi connectivity index (χ2n) is 5.09. The summed E-state index contributed by atoms with van der Waals surface area (Å²) in [5.41, 5.74) is 0.533. The summed E-state index contributed by atoms with van der Waals surface area (Å²) in [4.78, 5) is 14.0. The maximum atomic E-state index is 13.6. The lowest BCUT2D eigenvalue weighted by Gasteiger charge is -2.24. The van der Waals surface area contributed by atoms with Crippen LogP contribution in [0.2, 0.25) is 0 Å². The molecule has 3 nitrogen and oxygen atoms in total. The predicted octanol–water partition coefficient (Wildman–Crippen LogP) is 3.47. The van der Waals surface area contributed by atoms with E-state index in [1.807, 2.05) is 11.8 Å². The third kappa shape index (κ3) is 3.69. The second-order valence-corrected chi connectivity index (χ2v) is 5.09. The minimum absolute atomic E-state index is 0.0855. The SMILES string of the molecule is CC(NC(=O)N1CCCCCC1)c1ccccc1F. The van der Waals surface area contributed by atoms with E-state index in [9.17, 15) is 9.18 Å². The first-order chi connectivity index (χ1) is 9.18. The molecule has 1 atom stereocenters. The number of urea groups is 1. The van der Waals surface area contributed by atoms with Gasteiger partial charge in [0.1, 0.15) is 5.82 Å². The van der Waals surface area contributed by atoms with E-state index in [2.05, 4.69) is 5.32 Å². The molecule has 1 N–H and O–H groups in total. The van der Waals surface area contributed by atoms with E-state index in [4.69, 9.17) is 0 Å². The molecule has 19 heavy (non-hydrogen) atoms. The number of hydrogen-bond acceptors (Lipinski definition) is 1. The van der Waals surface area contributed by atoms with Gasteiger partial charge in [0, 0.05) is 18.7 Å². The number of carbonyl (C=O) groups is 1. The Hall–Kier alpha value is -1.58. The Morgan fingerprint density at radius 1 is 1.21 bits per heavy atom. The monoisotopic (exact) mass is 264 g/mol. The number of hydrogen-bond donors (Lipinski definition) is 1. The highest BCUT2D eigenvalue weighted by atomic mass is 19.1. The highest BCUT2D eigenvalue weighted by Crippen LogP contribution is 2.17. The van der Waals surface area contributed by atoms with Crippen LogP contribution in [-0.4, -0.2) is 24.0 Å². The van der Waals surface area contributed by atoms with Crippen LogP contribution < -0.4 is 5.32 Å². The van der Waals surface area contributed by atoms with Crippen LogP contribution >= 0.6 is 0 Å². The van der Waals surface area contributed by atoms with Gasteiger partial charge in [0.25, 0.3) is 0 Å². The Balaban J connectivity index is 1.96. The smallest absolute Gasteiger partial charge is 0.317 e. The van der Waals surface area contributed by atoms with Gasteiger partial charge in [0.2, 0.25) is 0 Å². The van der Waals surface area contributed by atoms with Gasteiger partial charge in [-0.15, -0.1) is 0 Å². The molecule has 0 bridgehead atoms. The summed E-state index contributed by atoms with van der Waals surface area (Å²) in [5.74, 6) is -0.272. The van der Waals surface area contributed by atoms with Crippen LogP contribution in [0.25, 0.3) is 0 Å². The number of amides is 2. The van der Waals surface area contributed by atoms with E-state index >= 15 is 0 Å². The zero-order valence-electron chi connectivity index (χ0n) is 11.4. The fraction of sp³-hybridized carbons (Fsp3) is 0.533. The quantitative estimate of drug-likeness (QED) is 0.871. The normalized spacial score (nSPS) is 17.7. The van der Waals surface area contributed by atoms with E-state index in [-0.39, 0.29) is 17.9 Å². The summed E-state index contributed by atoms with van der Waals surface area (Å²) in [6.07, 6.45) is 4.49. The summed E-state index contributed by atoms with van der Waals surface area (Å²) in [5, 5.41) is 2.88. The van der Waals surface area contributed by atoms with Crippen LogP contribution in [-0.2, 0) is 0 Å². The van der Waals surface area contributed by atoms with Crippen LogP contribution in [0, 0.1) is 5.82 Å². The van der Waals surface area contributed by atoms with Crippen molar-refractivity contribution in [1.82, 2.24) is 10.2 Å². The average Bonchev–Trinajstić information content (AvgIpc) is 2.68. The molecule has 4 heteroatoms. The molecule has 1 unspecified atom stereocenters. The van der Waals surface area contributed by atoms with Crippen LogP contribution in [0.3, 0.4) is 0 Å². The number of likely N-dealkylation sites (tertiary alicyclic amines) is 1. The van der Waals surface area contributed by atoms with Crippen molar-refractivity contribution in [1.29, 1.82) is 0 Å². The summed E-state index contributed by atoms with van der Waals surface area (Å²) < 4.78 is 13.6. The van der Waals surface area contributed by atoms with Crippen molar-refractivity contribution in [3.63, 3.8) is 0 Å². The summed E-state index contributed by atoms with van der Waals surface area (Å²) in [6.45, 7) is 3.42. The molecule has 1 fully saturated rings. The minimum Gasteiger partial charge on any atom is -0.331 e. The van der Waals surface area contributed by atoms with Crippen LogP contribution in [0.4, 0.5) is 9.18 Å². The Bertz CT molecular complexity index is 428. The lowest BCUT2D eigenvalue weighted by molar-refractivity contribution is 0.196. The van der Waals surface area contributed by atoms with E-state index in [0.717, 1.165) is 25.9 Å². The molecule has 1 heterocycles. The summed E-state index contributed by atoms with van der Waals surface area (Å²) in [6, 6.07) is 6.18. The lowest BCUT2D eigenvalue weighted by atomic mass is 10.1. The standard InChI is InChI=1S/C15H21FN2O/c1-12(13-8-4-5-9-14(13)16)17-15(19)18-10-6-2-3-7-11-18/h4-5,8-9,12H,2-3,6-7,10-11H2,1H3,(H,17,19). The van der Waals surface area contributed by atoms with E-state index in [1.165, 1.54) is 18.9 Å². The molecule has 1 aliphatic heterocycles. The predicted molar refractivity (Wildman–Crippen MR) is 73.4 cm³/mol. The van der Waals surface area contributed by atoms with E-state index in [0.29, 0.717) is 5.56 Å². The van der Waals surface area contributed by atoms with Crippen molar-refractivity contribution >= 4 is 6.03 Å². The maximum Gasteiger partial charge on any atom is 0.317 e. The molecule has 1 aromatic rings. The Labute approximate surface area is 113 Å². The topological polar surface area (TPSA) is 32.3 Å².